The molecule has 24 heavy (non-hydrogen) atoms. The Morgan fingerprint density at radius 1 is 1.46 bits per heavy atom. The maximum atomic E-state index is 5.78. The lowest BCUT2D eigenvalue weighted by Gasteiger charge is -2.25. The van der Waals surface area contributed by atoms with E-state index in [1.54, 1.807) is 13.3 Å². The molecule has 4 heterocycles. The maximum absolute atomic E-state index is 5.78. The molecule has 0 N–H and O–H groups in total. The van der Waals surface area contributed by atoms with Crippen molar-refractivity contribution in [1.82, 2.24) is 20.0 Å². The van der Waals surface area contributed by atoms with Crippen molar-refractivity contribution in [3.05, 3.63) is 35.6 Å². The molecule has 0 saturated carbocycles. The molecule has 2 aromatic heterocycles. The SMILES string of the molecule is COc1ncccc1CN1C[C@@H]2COC[C@]2(Cc2nc(C)no2)C1. The summed E-state index contributed by atoms with van der Waals surface area (Å²) in [6.45, 7) is 6.19. The molecule has 4 rings (SSSR count). The van der Waals surface area contributed by atoms with Gasteiger partial charge in [0.25, 0.3) is 0 Å². The van der Waals surface area contributed by atoms with Crippen molar-refractivity contribution in [3.63, 3.8) is 0 Å². The minimum Gasteiger partial charge on any atom is -0.481 e. The molecule has 128 valence electrons. The second-order valence-corrected chi connectivity index (χ2v) is 6.83. The van der Waals surface area contributed by atoms with Crippen molar-refractivity contribution in [2.45, 2.75) is 19.9 Å². The van der Waals surface area contributed by atoms with Gasteiger partial charge in [0, 0.05) is 49.1 Å². The van der Waals surface area contributed by atoms with Crippen LogP contribution in [0.25, 0.3) is 0 Å². The molecule has 0 unspecified atom stereocenters. The van der Waals surface area contributed by atoms with Gasteiger partial charge in [-0.25, -0.2) is 4.98 Å². The fraction of sp³-hybridized carbons (Fsp3) is 0.588. The van der Waals surface area contributed by atoms with Gasteiger partial charge in [0.1, 0.15) is 0 Å². The van der Waals surface area contributed by atoms with Gasteiger partial charge in [-0.1, -0.05) is 11.2 Å². The number of hydrogen-bond donors (Lipinski definition) is 0. The Morgan fingerprint density at radius 3 is 3.17 bits per heavy atom. The third-order valence-electron chi connectivity index (χ3n) is 5.10. The lowest BCUT2D eigenvalue weighted by Crippen LogP contribution is -2.33. The van der Waals surface area contributed by atoms with Crippen LogP contribution in [0.1, 0.15) is 17.3 Å². The summed E-state index contributed by atoms with van der Waals surface area (Å²) in [6, 6.07) is 4.03. The Balaban J connectivity index is 1.50. The van der Waals surface area contributed by atoms with Crippen LogP contribution in [0.5, 0.6) is 5.88 Å². The summed E-state index contributed by atoms with van der Waals surface area (Å²) >= 11 is 0. The van der Waals surface area contributed by atoms with Crippen LogP contribution in [-0.2, 0) is 17.7 Å². The van der Waals surface area contributed by atoms with E-state index in [0.717, 1.165) is 44.8 Å². The Kier molecular flexibility index (Phi) is 3.97. The van der Waals surface area contributed by atoms with Gasteiger partial charge in [-0.05, 0) is 13.0 Å². The number of pyridine rings is 1. The zero-order valence-corrected chi connectivity index (χ0v) is 14.1. The molecule has 0 aliphatic carbocycles. The number of hydrogen-bond acceptors (Lipinski definition) is 7. The summed E-state index contributed by atoms with van der Waals surface area (Å²) in [7, 11) is 1.66. The number of nitrogens with zero attached hydrogens (tertiary/aromatic N) is 4. The fourth-order valence-corrected chi connectivity index (χ4v) is 4.00. The Hall–Kier alpha value is -1.99. The first-order chi connectivity index (χ1) is 11.7. The predicted octanol–water partition coefficient (Wildman–Crippen LogP) is 1.47. The van der Waals surface area contributed by atoms with Crippen molar-refractivity contribution in [2.75, 3.05) is 33.4 Å². The van der Waals surface area contributed by atoms with Crippen LogP contribution in [0, 0.1) is 18.3 Å². The van der Waals surface area contributed by atoms with Gasteiger partial charge >= 0.3 is 0 Å². The minimum absolute atomic E-state index is 0.0639. The summed E-state index contributed by atoms with van der Waals surface area (Å²) in [5.74, 6) is 2.59. The quantitative estimate of drug-likeness (QED) is 0.822. The second-order valence-electron chi connectivity index (χ2n) is 6.83. The van der Waals surface area contributed by atoms with E-state index < -0.39 is 0 Å². The number of fused-ring (bicyclic) bond motifs is 1. The van der Waals surface area contributed by atoms with Crippen LogP contribution >= 0.6 is 0 Å². The first kappa shape index (κ1) is 15.5. The summed E-state index contributed by atoms with van der Waals surface area (Å²) in [5.41, 5.74) is 1.18. The normalized spacial score (nSPS) is 26.7. The smallest absolute Gasteiger partial charge is 0.227 e. The highest BCUT2D eigenvalue weighted by Gasteiger charge is 2.51. The molecule has 2 aromatic rings. The van der Waals surface area contributed by atoms with E-state index in [4.69, 9.17) is 14.0 Å². The first-order valence-corrected chi connectivity index (χ1v) is 8.26. The lowest BCUT2D eigenvalue weighted by atomic mass is 9.78. The van der Waals surface area contributed by atoms with Crippen LogP contribution in [-0.4, -0.2) is 53.4 Å². The third-order valence-corrected chi connectivity index (χ3v) is 5.10. The van der Waals surface area contributed by atoms with Gasteiger partial charge < -0.3 is 14.0 Å². The summed E-state index contributed by atoms with van der Waals surface area (Å²) in [4.78, 5) is 11.1. The van der Waals surface area contributed by atoms with Crippen LogP contribution in [0.4, 0.5) is 0 Å². The second kappa shape index (κ2) is 6.14. The van der Waals surface area contributed by atoms with Gasteiger partial charge in [0.2, 0.25) is 11.8 Å². The molecule has 2 aliphatic rings. The molecule has 2 aliphatic heterocycles. The molecule has 0 spiro atoms. The largest absolute Gasteiger partial charge is 0.481 e. The van der Waals surface area contributed by atoms with Gasteiger partial charge in [-0.15, -0.1) is 0 Å². The Labute approximate surface area is 141 Å². The number of ether oxygens (including phenoxy) is 2. The molecule has 2 fully saturated rings. The standard InChI is InChI=1S/C17H22N4O3/c1-12-19-15(24-20-12)6-17-10-21(8-14(17)9-23-11-17)7-13-4-3-5-18-16(13)22-2/h3-5,14H,6-11H2,1-2H3/t14-,17+/m1/s1. The number of aromatic nitrogens is 3. The van der Waals surface area contributed by atoms with Crippen LogP contribution in [0.2, 0.25) is 0 Å². The summed E-state index contributed by atoms with van der Waals surface area (Å²) in [5, 5.41) is 3.91. The fourth-order valence-electron chi connectivity index (χ4n) is 4.00. The van der Waals surface area contributed by atoms with Gasteiger partial charge in [-0.2, -0.15) is 4.98 Å². The zero-order chi connectivity index (χ0) is 16.6. The Morgan fingerprint density at radius 2 is 2.38 bits per heavy atom. The average molecular weight is 330 g/mol. The highest BCUT2D eigenvalue weighted by atomic mass is 16.5. The van der Waals surface area contributed by atoms with Crippen LogP contribution in [0.3, 0.4) is 0 Å². The maximum Gasteiger partial charge on any atom is 0.227 e. The third kappa shape index (κ3) is 2.78. The van der Waals surface area contributed by atoms with Gasteiger partial charge in [0.15, 0.2) is 5.82 Å². The van der Waals surface area contributed by atoms with Crippen LogP contribution in [0.15, 0.2) is 22.9 Å². The van der Waals surface area contributed by atoms with Crippen molar-refractivity contribution >= 4 is 0 Å². The lowest BCUT2D eigenvalue weighted by molar-refractivity contribution is 0.121. The molecular weight excluding hydrogens is 308 g/mol. The summed E-state index contributed by atoms with van der Waals surface area (Å²) in [6.07, 6.45) is 2.54. The van der Waals surface area contributed by atoms with E-state index in [1.165, 1.54) is 0 Å². The van der Waals surface area contributed by atoms with Gasteiger partial charge in [-0.3, -0.25) is 4.90 Å². The minimum atomic E-state index is 0.0639. The number of aryl methyl sites for hydroxylation is 1. The van der Waals surface area contributed by atoms with Crippen molar-refractivity contribution in [3.8, 4) is 5.88 Å². The molecule has 0 amide bonds. The molecule has 0 bridgehead atoms. The van der Waals surface area contributed by atoms with E-state index in [0.29, 0.717) is 23.5 Å². The monoisotopic (exact) mass is 330 g/mol. The number of rotatable bonds is 5. The van der Waals surface area contributed by atoms with E-state index in [9.17, 15) is 0 Å². The van der Waals surface area contributed by atoms with E-state index >= 15 is 0 Å². The van der Waals surface area contributed by atoms with E-state index in [-0.39, 0.29) is 5.41 Å². The zero-order valence-electron chi connectivity index (χ0n) is 14.1. The van der Waals surface area contributed by atoms with Crippen molar-refractivity contribution in [2.24, 2.45) is 11.3 Å². The Bertz CT molecular complexity index is 719. The molecule has 2 atom stereocenters. The highest BCUT2D eigenvalue weighted by Crippen LogP contribution is 2.44. The predicted molar refractivity (Wildman–Crippen MR) is 85.5 cm³/mol. The molecule has 2 saturated heterocycles. The number of likely N-dealkylation sites (tertiary alicyclic amines) is 1. The van der Waals surface area contributed by atoms with Gasteiger partial charge in [0.05, 0.1) is 20.3 Å². The molecular formula is C17H22N4O3. The van der Waals surface area contributed by atoms with Crippen molar-refractivity contribution < 1.29 is 14.0 Å². The van der Waals surface area contributed by atoms with Crippen LogP contribution < -0.4 is 4.74 Å². The first-order valence-electron chi connectivity index (χ1n) is 8.26. The molecule has 7 nitrogen and oxygen atoms in total. The number of methoxy groups -OCH3 is 1. The highest BCUT2D eigenvalue weighted by molar-refractivity contribution is 5.25. The molecule has 0 radical (unpaired) electrons. The van der Waals surface area contributed by atoms with Crippen molar-refractivity contribution in [1.29, 1.82) is 0 Å². The average Bonchev–Trinajstić information content (AvgIpc) is 3.22. The van der Waals surface area contributed by atoms with E-state index in [1.807, 2.05) is 13.0 Å². The van der Waals surface area contributed by atoms with E-state index in [2.05, 4.69) is 26.1 Å². The molecule has 0 aromatic carbocycles. The summed E-state index contributed by atoms with van der Waals surface area (Å²) < 4.78 is 16.5. The topological polar surface area (TPSA) is 73.5 Å². The molecule has 7 heteroatoms.